The highest BCUT2D eigenvalue weighted by atomic mass is 16.5. The van der Waals surface area contributed by atoms with Gasteiger partial charge in [0.1, 0.15) is 0 Å². The van der Waals surface area contributed by atoms with E-state index >= 15 is 0 Å². The van der Waals surface area contributed by atoms with Crippen molar-refractivity contribution in [2.75, 3.05) is 7.11 Å². The quantitative estimate of drug-likeness (QED) is 0.228. The standard InChI is InChI=1S/C18H34O2/c1-3-4-5-6-7-8-9-10-11-12-13-14-15-16-17-18(19)20-2/h8-9H,3-7,10-17H2,1-2H3/b9-8-. The van der Waals surface area contributed by atoms with E-state index in [1.807, 2.05) is 0 Å². The van der Waals surface area contributed by atoms with Crippen LogP contribution in [0, 0.1) is 0 Å². The van der Waals surface area contributed by atoms with Crippen LogP contribution in [0.4, 0.5) is 0 Å². The number of ether oxygens (including phenoxy) is 1. The van der Waals surface area contributed by atoms with Crippen LogP contribution < -0.4 is 0 Å². The van der Waals surface area contributed by atoms with Crippen LogP contribution in [0.2, 0.25) is 0 Å². The third-order valence-electron chi connectivity index (χ3n) is 3.62. The maximum absolute atomic E-state index is 10.9. The molecule has 0 aliphatic rings. The summed E-state index contributed by atoms with van der Waals surface area (Å²) in [7, 11) is 1.46. The lowest BCUT2D eigenvalue weighted by Gasteiger charge is -2.00. The van der Waals surface area contributed by atoms with Crippen LogP contribution in [-0.2, 0) is 9.53 Å². The first-order chi connectivity index (χ1) is 9.81. The molecule has 0 aromatic carbocycles. The molecule has 0 aliphatic carbocycles. The van der Waals surface area contributed by atoms with Crippen LogP contribution in [0.5, 0.6) is 0 Å². The topological polar surface area (TPSA) is 26.3 Å². The average Bonchev–Trinajstić information content (AvgIpc) is 2.47. The van der Waals surface area contributed by atoms with E-state index in [0.717, 1.165) is 12.8 Å². The second-order valence-corrected chi connectivity index (χ2v) is 5.56. The largest absolute Gasteiger partial charge is 0.469 e. The number of methoxy groups -OCH3 is 1. The van der Waals surface area contributed by atoms with Crippen molar-refractivity contribution < 1.29 is 9.53 Å². The molecule has 0 bridgehead atoms. The summed E-state index contributed by atoms with van der Waals surface area (Å²) < 4.78 is 4.62. The molecule has 0 heterocycles. The normalized spacial score (nSPS) is 11.1. The lowest BCUT2D eigenvalue weighted by molar-refractivity contribution is -0.140. The molecular formula is C18H34O2. The molecule has 2 nitrogen and oxygen atoms in total. The van der Waals surface area contributed by atoms with Gasteiger partial charge in [0.25, 0.3) is 0 Å². The molecule has 0 amide bonds. The summed E-state index contributed by atoms with van der Waals surface area (Å²) >= 11 is 0. The molecule has 0 N–H and O–H groups in total. The predicted octanol–water partition coefficient (Wildman–Crippen LogP) is 5.81. The molecule has 0 spiro atoms. The van der Waals surface area contributed by atoms with Crippen molar-refractivity contribution in [3.8, 4) is 0 Å². The first kappa shape index (κ1) is 19.2. The highest BCUT2D eigenvalue weighted by Gasteiger charge is 1.98. The van der Waals surface area contributed by atoms with Gasteiger partial charge in [0.15, 0.2) is 0 Å². The number of rotatable bonds is 14. The number of carbonyl (C=O) groups excluding carboxylic acids is 1. The van der Waals surface area contributed by atoms with Crippen molar-refractivity contribution in [3.05, 3.63) is 12.2 Å². The van der Waals surface area contributed by atoms with E-state index in [-0.39, 0.29) is 5.97 Å². The zero-order valence-electron chi connectivity index (χ0n) is 13.7. The number of allylic oxidation sites excluding steroid dienone is 2. The summed E-state index contributed by atoms with van der Waals surface area (Å²) in [6, 6.07) is 0. The Morgan fingerprint density at radius 2 is 1.30 bits per heavy atom. The van der Waals surface area contributed by atoms with Crippen molar-refractivity contribution >= 4 is 5.97 Å². The van der Waals surface area contributed by atoms with Gasteiger partial charge in [-0.05, 0) is 32.1 Å². The second kappa shape index (κ2) is 16.3. The van der Waals surface area contributed by atoms with Gasteiger partial charge in [-0.2, -0.15) is 0 Å². The Labute approximate surface area is 126 Å². The van der Waals surface area contributed by atoms with E-state index in [0.29, 0.717) is 6.42 Å². The molecule has 0 saturated carbocycles. The van der Waals surface area contributed by atoms with E-state index in [9.17, 15) is 4.79 Å². The van der Waals surface area contributed by atoms with E-state index < -0.39 is 0 Å². The van der Waals surface area contributed by atoms with Crippen molar-refractivity contribution in [3.63, 3.8) is 0 Å². The number of unbranched alkanes of at least 4 members (excludes halogenated alkanes) is 10. The van der Waals surface area contributed by atoms with Crippen LogP contribution in [0.3, 0.4) is 0 Å². The summed E-state index contributed by atoms with van der Waals surface area (Å²) in [5.41, 5.74) is 0. The highest BCUT2D eigenvalue weighted by Crippen LogP contribution is 2.10. The van der Waals surface area contributed by atoms with E-state index in [1.54, 1.807) is 0 Å². The molecule has 0 saturated heterocycles. The number of hydrogen-bond donors (Lipinski definition) is 0. The first-order valence-corrected chi connectivity index (χ1v) is 8.53. The Bertz CT molecular complexity index is 234. The fourth-order valence-electron chi connectivity index (χ4n) is 2.27. The molecule has 0 aliphatic heterocycles. The van der Waals surface area contributed by atoms with Gasteiger partial charge in [-0.15, -0.1) is 0 Å². The molecule has 0 fully saturated rings. The lowest BCUT2D eigenvalue weighted by Crippen LogP contribution is -1.99. The van der Waals surface area contributed by atoms with Crippen molar-refractivity contribution in [2.24, 2.45) is 0 Å². The molecule has 2 heteroatoms. The lowest BCUT2D eigenvalue weighted by atomic mass is 10.1. The zero-order chi connectivity index (χ0) is 14.9. The minimum Gasteiger partial charge on any atom is -0.469 e. The van der Waals surface area contributed by atoms with Gasteiger partial charge in [0, 0.05) is 6.42 Å². The molecular weight excluding hydrogens is 248 g/mol. The van der Waals surface area contributed by atoms with Crippen molar-refractivity contribution in [1.29, 1.82) is 0 Å². The van der Waals surface area contributed by atoms with Gasteiger partial charge in [-0.3, -0.25) is 4.79 Å². The SMILES string of the molecule is CCCCCC/C=C\CCCCCCCCC(=O)OC. The maximum atomic E-state index is 10.9. The van der Waals surface area contributed by atoms with Crippen LogP contribution in [-0.4, -0.2) is 13.1 Å². The Morgan fingerprint density at radius 3 is 1.85 bits per heavy atom. The predicted molar refractivity (Wildman–Crippen MR) is 86.9 cm³/mol. The molecule has 0 radical (unpaired) electrons. The minimum atomic E-state index is -0.0749. The monoisotopic (exact) mass is 282 g/mol. The summed E-state index contributed by atoms with van der Waals surface area (Å²) in [6.07, 6.45) is 20.5. The molecule has 118 valence electrons. The van der Waals surface area contributed by atoms with Gasteiger partial charge in [0.05, 0.1) is 7.11 Å². The zero-order valence-corrected chi connectivity index (χ0v) is 13.7. The van der Waals surface area contributed by atoms with E-state index in [4.69, 9.17) is 0 Å². The molecule has 0 rings (SSSR count). The fraction of sp³-hybridized carbons (Fsp3) is 0.833. The van der Waals surface area contributed by atoms with Gasteiger partial charge in [-0.25, -0.2) is 0 Å². The number of hydrogen-bond acceptors (Lipinski definition) is 2. The minimum absolute atomic E-state index is 0.0749. The van der Waals surface area contributed by atoms with E-state index in [2.05, 4.69) is 23.8 Å². The third-order valence-corrected chi connectivity index (χ3v) is 3.62. The second-order valence-electron chi connectivity index (χ2n) is 5.56. The van der Waals surface area contributed by atoms with Gasteiger partial charge < -0.3 is 4.74 Å². The van der Waals surface area contributed by atoms with Crippen LogP contribution in [0.25, 0.3) is 0 Å². The summed E-state index contributed by atoms with van der Waals surface area (Å²) in [4.78, 5) is 10.9. The fourth-order valence-corrected chi connectivity index (χ4v) is 2.27. The smallest absolute Gasteiger partial charge is 0.305 e. The van der Waals surface area contributed by atoms with Crippen LogP contribution in [0.1, 0.15) is 90.4 Å². The van der Waals surface area contributed by atoms with Gasteiger partial charge >= 0.3 is 5.97 Å². The number of carbonyl (C=O) groups is 1. The molecule has 20 heavy (non-hydrogen) atoms. The maximum Gasteiger partial charge on any atom is 0.305 e. The van der Waals surface area contributed by atoms with Crippen LogP contribution >= 0.6 is 0 Å². The molecule has 0 aromatic rings. The Kier molecular flexibility index (Phi) is 15.6. The molecule has 0 unspecified atom stereocenters. The average molecular weight is 282 g/mol. The van der Waals surface area contributed by atoms with Crippen LogP contribution in [0.15, 0.2) is 12.2 Å². The van der Waals surface area contributed by atoms with Gasteiger partial charge in [-0.1, -0.05) is 64.0 Å². The number of esters is 1. The Hall–Kier alpha value is -0.790. The molecule has 0 aromatic heterocycles. The highest BCUT2D eigenvalue weighted by molar-refractivity contribution is 5.68. The van der Waals surface area contributed by atoms with E-state index in [1.165, 1.54) is 71.3 Å². The Morgan fingerprint density at radius 1 is 0.800 bits per heavy atom. The summed E-state index contributed by atoms with van der Waals surface area (Å²) in [5, 5.41) is 0. The summed E-state index contributed by atoms with van der Waals surface area (Å²) in [5.74, 6) is -0.0749. The molecule has 0 atom stereocenters. The van der Waals surface area contributed by atoms with Crippen molar-refractivity contribution in [2.45, 2.75) is 90.4 Å². The Balaban J connectivity index is 3.09. The first-order valence-electron chi connectivity index (χ1n) is 8.53. The van der Waals surface area contributed by atoms with Gasteiger partial charge in [0.2, 0.25) is 0 Å². The van der Waals surface area contributed by atoms with Crippen molar-refractivity contribution in [1.82, 2.24) is 0 Å². The summed E-state index contributed by atoms with van der Waals surface area (Å²) in [6.45, 7) is 2.26. The third kappa shape index (κ3) is 15.3.